The number of hydrogen-bond acceptors (Lipinski definition) is 2. The number of carbonyl (C=O) groups is 1. The number of aromatic nitrogens is 2. The van der Waals surface area contributed by atoms with Gasteiger partial charge >= 0.3 is 5.97 Å². The summed E-state index contributed by atoms with van der Waals surface area (Å²) in [4.78, 5) is 17.7. The van der Waals surface area contributed by atoms with E-state index in [1.807, 2.05) is 0 Å². The molecule has 1 aromatic rings. The first kappa shape index (κ1) is 10.2. The molecule has 4 nitrogen and oxygen atoms in total. The maximum absolute atomic E-state index is 10.7. The molecule has 82 valence electrons. The summed E-state index contributed by atoms with van der Waals surface area (Å²) in [7, 11) is 0. The number of rotatable bonds is 2. The van der Waals surface area contributed by atoms with Crippen molar-refractivity contribution in [3.05, 3.63) is 17.7 Å². The molecule has 2 atom stereocenters. The molecule has 2 unspecified atom stereocenters. The maximum Gasteiger partial charge on any atom is 0.353 e. The minimum Gasteiger partial charge on any atom is -0.477 e. The number of carboxylic acids is 1. The molecule has 2 rings (SSSR count). The monoisotopic (exact) mass is 208 g/mol. The van der Waals surface area contributed by atoms with E-state index in [0.717, 1.165) is 24.6 Å². The van der Waals surface area contributed by atoms with Crippen molar-refractivity contribution in [2.45, 2.75) is 38.5 Å². The van der Waals surface area contributed by atoms with Crippen LogP contribution >= 0.6 is 0 Å². The number of nitrogens with zero attached hydrogens (tertiary/aromatic N) is 1. The van der Waals surface area contributed by atoms with Crippen LogP contribution in [-0.4, -0.2) is 21.0 Å². The van der Waals surface area contributed by atoms with Crippen LogP contribution in [0.5, 0.6) is 0 Å². The highest BCUT2D eigenvalue weighted by molar-refractivity contribution is 5.85. The average molecular weight is 208 g/mol. The van der Waals surface area contributed by atoms with E-state index in [0.29, 0.717) is 5.92 Å². The van der Waals surface area contributed by atoms with Crippen LogP contribution in [0.3, 0.4) is 0 Å². The Bertz CT molecular complexity index is 359. The highest BCUT2D eigenvalue weighted by atomic mass is 16.4. The van der Waals surface area contributed by atoms with Crippen LogP contribution in [0.15, 0.2) is 6.20 Å². The Kier molecular flexibility index (Phi) is 2.75. The molecule has 15 heavy (non-hydrogen) atoms. The van der Waals surface area contributed by atoms with Crippen LogP contribution in [-0.2, 0) is 0 Å². The summed E-state index contributed by atoms with van der Waals surface area (Å²) in [6, 6.07) is 0. The number of H-pyrrole nitrogens is 1. The molecule has 0 radical (unpaired) electrons. The minimum atomic E-state index is -0.933. The quantitative estimate of drug-likeness (QED) is 0.784. The molecule has 1 fully saturated rings. The van der Waals surface area contributed by atoms with Crippen LogP contribution in [0.2, 0.25) is 0 Å². The average Bonchev–Trinajstić information content (AvgIpc) is 2.66. The number of hydrogen-bond donors (Lipinski definition) is 2. The summed E-state index contributed by atoms with van der Waals surface area (Å²) < 4.78 is 0. The highest BCUT2D eigenvalue weighted by Crippen LogP contribution is 2.34. The molecule has 2 N–H and O–H groups in total. The van der Waals surface area contributed by atoms with Gasteiger partial charge < -0.3 is 10.1 Å². The van der Waals surface area contributed by atoms with Crippen molar-refractivity contribution in [2.24, 2.45) is 5.92 Å². The SMILES string of the molecule is CC1CCCC(c2ncc(C(=O)O)[nH]2)C1. The summed E-state index contributed by atoms with van der Waals surface area (Å²) in [5.74, 6) is 1.06. The summed E-state index contributed by atoms with van der Waals surface area (Å²) in [6.07, 6.45) is 6.15. The fraction of sp³-hybridized carbons (Fsp3) is 0.636. The molecule has 0 amide bonds. The fourth-order valence-corrected chi connectivity index (χ4v) is 2.34. The Hall–Kier alpha value is -1.32. The Morgan fingerprint density at radius 3 is 3.00 bits per heavy atom. The number of aromatic carboxylic acids is 1. The Morgan fingerprint density at radius 2 is 2.40 bits per heavy atom. The zero-order valence-electron chi connectivity index (χ0n) is 8.86. The third-order valence-electron chi connectivity index (χ3n) is 3.15. The third kappa shape index (κ3) is 2.19. The lowest BCUT2D eigenvalue weighted by molar-refractivity contribution is 0.0691. The molecule has 1 aliphatic rings. The third-order valence-corrected chi connectivity index (χ3v) is 3.15. The van der Waals surface area contributed by atoms with Crippen molar-refractivity contribution >= 4 is 5.97 Å². The van der Waals surface area contributed by atoms with Gasteiger partial charge in [-0.15, -0.1) is 0 Å². The molecular weight excluding hydrogens is 192 g/mol. The van der Waals surface area contributed by atoms with Crippen LogP contribution in [0, 0.1) is 5.92 Å². The lowest BCUT2D eigenvalue weighted by Gasteiger charge is -2.24. The maximum atomic E-state index is 10.7. The minimum absolute atomic E-state index is 0.197. The molecule has 1 aliphatic carbocycles. The van der Waals surface area contributed by atoms with E-state index in [1.165, 1.54) is 19.0 Å². The molecule has 0 aromatic carbocycles. The van der Waals surface area contributed by atoms with Gasteiger partial charge in [-0.1, -0.05) is 19.8 Å². The van der Waals surface area contributed by atoms with Gasteiger partial charge in [-0.05, 0) is 18.8 Å². The molecule has 1 saturated carbocycles. The Morgan fingerprint density at radius 1 is 1.60 bits per heavy atom. The van der Waals surface area contributed by atoms with Gasteiger partial charge in [-0.25, -0.2) is 9.78 Å². The standard InChI is InChI=1S/C11H16N2O2/c1-7-3-2-4-8(5-7)10-12-6-9(13-10)11(14)15/h6-8H,2-5H2,1H3,(H,12,13)(H,14,15). The van der Waals surface area contributed by atoms with Gasteiger partial charge in [0.1, 0.15) is 11.5 Å². The van der Waals surface area contributed by atoms with Crippen molar-refractivity contribution in [1.29, 1.82) is 0 Å². The first-order chi connectivity index (χ1) is 7.16. The van der Waals surface area contributed by atoms with Gasteiger partial charge in [-0.3, -0.25) is 0 Å². The molecule has 1 heterocycles. The largest absolute Gasteiger partial charge is 0.477 e. The van der Waals surface area contributed by atoms with Crippen LogP contribution in [0.25, 0.3) is 0 Å². The second-order valence-electron chi connectivity index (χ2n) is 4.46. The number of nitrogens with one attached hydrogen (secondary N) is 1. The van der Waals surface area contributed by atoms with E-state index in [1.54, 1.807) is 0 Å². The van der Waals surface area contributed by atoms with Crippen molar-refractivity contribution in [1.82, 2.24) is 9.97 Å². The van der Waals surface area contributed by atoms with E-state index < -0.39 is 5.97 Å². The van der Waals surface area contributed by atoms with Gasteiger partial charge in [0.2, 0.25) is 0 Å². The predicted molar refractivity (Wildman–Crippen MR) is 55.9 cm³/mol. The van der Waals surface area contributed by atoms with Crippen LogP contribution in [0.4, 0.5) is 0 Å². The van der Waals surface area contributed by atoms with Gasteiger partial charge in [0, 0.05) is 5.92 Å². The highest BCUT2D eigenvalue weighted by Gasteiger charge is 2.23. The van der Waals surface area contributed by atoms with E-state index in [-0.39, 0.29) is 5.69 Å². The molecule has 0 spiro atoms. The second-order valence-corrected chi connectivity index (χ2v) is 4.46. The summed E-state index contributed by atoms with van der Waals surface area (Å²) in [6.45, 7) is 2.24. The van der Waals surface area contributed by atoms with Gasteiger partial charge in [0.05, 0.1) is 6.20 Å². The molecule has 0 saturated heterocycles. The smallest absolute Gasteiger partial charge is 0.353 e. The zero-order chi connectivity index (χ0) is 10.8. The van der Waals surface area contributed by atoms with Crippen molar-refractivity contribution in [3.8, 4) is 0 Å². The molecule has 0 aliphatic heterocycles. The van der Waals surface area contributed by atoms with Crippen molar-refractivity contribution in [2.75, 3.05) is 0 Å². The predicted octanol–water partition coefficient (Wildman–Crippen LogP) is 2.40. The van der Waals surface area contributed by atoms with E-state index in [2.05, 4.69) is 16.9 Å². The van der Waals surface area contributed by atoms with Crippen molar-refractivity contribution in [3.63, 3.8) is 0 Å². The zero-order valence-corrected chi connectivity index (χ0v) is 8.86. The molecule has 1 aromatic heterocycles. The first-order valence-electron chi connectivity index (χ1n) is 5.45. The van der Waals surface area contributed by atoms with Crippen LogP contribution in [0.1, 0.15) is 54.8 Å². The van der Waals surface area contributed by atoms with Crippen LogP contribution < -0.4 is 0 Å². The Labute approximate surface area is 88.7 Å². The lowest BCUT2D eigenvalue weighted by Crippen LogP contribution is -2.13. The molecule has 4 heteroatoms. The topological polar surface area (TPSA) is 66.0 Å². The normalized spacial score (nSPS) is 26.5. The summed E-state index contributed by atoms with van der Waals surface area (Å²) >= 11 is 0. The Balaban J connectivity index is 2.11. The summed E-state index contributed by atoms with van der Waals surface area (Å²) in [5, 5.41) is 8.78. The van der Waals surface area contributed by atoms with E-state index >= 15 is 0 Å². The number of carboxylic acid groups (broad SMARTS) is 1. The second kappa shape index (κ2) is 4.04. The van der Waals surface area contributed by atoms with Gasteiger partial charge in [0.15, 0.2) is 0 Å². The van der Waals surface area contributed by atoms with Crippen molar-refractivity contribution < 1.29 is 9.90 Å². The van der Waals surface area contributed by atoms with E-state index in [9.17, 15) is 4.79 Å². The van der Waals surface area contributed by atoms with E-state index in [4.69, 9.17) is 5.11 Å². The molecular formula is C11H16N2O2. The number of imidazole rings is 1. The molecule has 0 bridgehead atoms. The number of aromatic amines is 1. The fourth-order valence-electron chi connectivity index (χ4n) is 2.34. The summed E-state index contributed by atoms with van der Waals surface area (Å²) in [5.41, 5.74) is 0.197. The van der Waals surface area contributed by atoms with Gasteiger partial charge in [-0.2, -0.15) is 0 Å². The lowest BCUT2D eigenvalue weighted by atomic mass is 9.82. The first-order valence-corrected chi connectivity index (χ1v) is 5.45. The van der Waals surface area contributed by atoms with Gasteiger partial charge in [0.25, 0.3) is 0 Å².